The number of hydrogen-bond donors (Lipinski definition) is 1. The number of ether oxygens (including phenoxy) is 1. The van der Waals surface area contributed by atoms with Crippen LogP contribution in [0.25, 0.3) is 0 Å². The molecule has 0 spiro atoms. The maximum Gasteiger partial charge on any atom is 0.220 e. The average molecular weight is 460 g/mol. The first-order valence-electron chi connectivity index (χ1n) is 12.5. The average Bonchev–Trinajstić information content (AvgIpc) is 3.36. The lowest BCUT2D eigenvalue weighted by Gasteiger charge is -2.39. The van der Waals surface area contributed by atoms with Gasteiger partial charge in [-0.1, -0.05) is 60.2 Å². The van der Waals surface area contributed by atoms with E-state index >= 15 is 0 Å². The van der Waals surface area contributed by atoms with E-state index in [0.29, 0.717) is 18.9 Å². The maximum absolute atomic E-state index is 13.1. The topological polar surface area (TPSA) is 51.5 Å². The van der Waals surface area contributed by atoms with E-state index in [9.17, 15) is 4.79 Å². The van der Waals surface area contributed by atoms with E-state index in [0.717, 1.165) is 31.6 Å². The molecule has 0 aliphatic carbocycles. The zero-order chi connectivity index (χ0) is 24.0. The minimum Gasteiger partial charge on any atom is -0.469 e. The van der Waals surface area contributed by atoms with E-state index < -0.39 is 0 Å². The van der Waals surface area contributed by atoms with Gasteiger partial charge in [0, 0.05) is 25.5 Å². The van der Waals surface area contributed by atoms with E-state index in [1.54, 1.807) is 6.26 Å². The first-order valence-corrected chi connectivity index (χ1v) is 12.5. The van der Waals surface area contributed by atoms with Gasteiger partial charge in [-0.2, -0.15) is 0 Å². The molecule has 0 saturated carbocycles. The lowest BCUT2D eigenvalue weighted by atomic mass is 9.75. The minimum absolute atomic E-state index is 0.111. The number of carbonyl (C=O) groups excluding carboxylic acids is 1. The number of aryl methyl sites for hydroxylation is 1. The molecule has 3 atom stereocenters. The molecule has 4 rings (SSSR count). The molecule has 4 nitrogen and oxygen atoms in total. The largest absolute Gasteiger partial charge is 0.469 e. The second-order valence-electron chi connectivity index (χ2n) is 10.2. The second kappa shape index (κ2) is 11.1. The minimum atomic E-state index is -0.142. The monoisotopic (exact) mass is 459 g/mol. The number of amides is 1. The molecule has 1 N–H and O–H groups in total. The summed E-state index contributed by atoms with van der Waals surface area (Å²) in [4.78, 5) is 13.1. The Morgan fingerprint density at radius 1 is 1.03 bits per heavy atom. The van der Waals surface area contributed by atoms with Gasteiger partial charge >= 0.3 is 0 Å². The third-order valence-electron chi connectivity index (χ3n) is 7.06. The van der Waals surface area contributed by atoms with Crippen molar-refractivity contribution in [3.8, 4) is 0 Å². The number of benzene rings is 2. The fourth-order valence-corrected chi connectivity index (χ4v) is 5.27. The molecular formula is C30H37NO3. The number of furan rings is 1. The van der Waals surface area contributed by atoms with Gasteiger partial charge in [-0.3, -0.25) is 4.79 Å². The van der Waals surface area contributed by atoms with Crippen LogP contribution >= 0.6 is 0 Å². The summed E-state index contributed by atoms with van der Waals surface area (Å²) in [6, 6.07) is 23.0. The van der Waals surface area contributed by atoms with Gasteiger partial charge in [0.05, 0.1) is 11.9 Å². The van der Waals surface area contributed by atoms with Crippen molar-refractivity contribution in [3.05, 3.63) is 95.4 Å². The smallest absolute Gasteiger partial charge is 0.220 e. The predicted octanol–water partition coefficient (Wildman–Crippen LogP) is 6.61. The van der Waals surface area contributed by atoms with Crippen molar-refractivity contribution in [1.29, 1.82) is 0 Å². The van der Waals surface area contributed by atoms with Crippen LogP contribution in [-0.4, -0.2) is 24.7 Å². The Morgan fingerprint density at radius 3 is 2.47 bits per heavy atom. The lowest BCUT2D eigenvalue weighted by Crippen LogP contribution is -2.37. The van der Waals surface area contributed by atoms with E-state index in [4.69, 9.17) is 9.15 Å². The number of rotatable bonds is 9. The van der Waals surface area contributed by atoms with Crippen LogP contribution in [-0.2, 0) is 9.53 Å². The van der Waals surface area contributed by atoms with Crippen LogP contribution in [0.1, 0.15) is 73.8 Å². The predicted molar refractivity (Wildman–Crippen MR) is 136 cm³/mol. The molecule has 1 amide bonds. The zero-order valence-corrected chi connectivity index (χ0v) is 20.6. The van der Waals surface area contributed by atoms with Crippen LogP contribution in [0, 0.1) is 12.8 Å². The highest BCUT2D eigenvalue weighted by molar-refractivity contribution is 5.77. The molecule has 1 fully saturated rings. The number of nitrogens with one attached hydrogen (secondary N) is 1. The van der Waals surface area contributed by atoms with Gasteiger partial charge in [-0.25, -0.2) is 0 Å². The summed E-state index contributed by atoms with van der Waals surface area (Å²) in [6.45, 7) is 7.76. The van der Waals surface area contributed by atoms with Crippen LogP contribution in [0.4, 0.5) is 0 Å². The fourth-order valence-electron chi connectivity index (χ4n) is 5.27. The molecule has 34 heavy (non-hydrogen) atoms. The third kappa shape index (κ3) is 6.38. The molecule has 2 aromatic carbocycles. The molecule has 1 aliphatic heterocycles. The summed E-state index contributed by atoms with van der Waals surface area (Å²) >= 11 is 0. The Balaban J connectivity index is 1.40. The standard InChI is InChI=1S/C30H37NO3/c1-22-11-13-24(14-12-22)26(28-10-7-18-33-28)15-17-31-29(32)20-27(23-8-5-4-6-9-23)25-16-19-34-30(2,3)21-25/h4-14,18,25-27H,15-17,19-21H2,1-3H3,(H,31,32)/t25-,26-,27-/m0/s1. The molecule has 1 aromatic heterocycles. The molecule has 180 valence electrons. The van der Waals surface area contributed by atoms with Crippen molar-refractivity contribution in [3.63, 3.8) is 0 Å². The van der Waals surface area contributed by atoms with Crippen molar-refractivity contribution in [2.75, 3.05) is 13.2 Å². The molecule has 2 heterocycles. The highest BCUT2D eigenvalue weighted by Crippen LogP contribution is 2.40. The fraction of sp³-hybridized carbons (Fsp3) is 0.433. The Labute approximate surface area is 203 Å². The summed E-state index contributed by atoms with van der Waals surface area (Å²) < 4.78 is 11.7. The normalized spacial score (nSPS) is 19.3. The molecule has 4 heteroatoms. The highest BCUT2D eigenvalue weighted by atomic mass is 16.5. The third-order valence-corrected chi connectivity index (χ3v) is 7.06. The van der Waals surface area contributed by atoms with Crippen LogP contribution in [0.5, 0.6) is 0 Å². The van der Waals surface area contributed by atoms with Crippen LogP contribution in [0.2, 0.25) is 0 Å². The molecule has 0 radical (unpaired) electrons. The van der Waals surface area contributed by atoms with Crippen molar-refractivity contribution in [2.45, 2.75) is 63.9 Å². The van der Waals surface area contributed by atoms with Crippen LogP contribution in [0.15, 0.2) is 77.4 Å². The van der Waals surface area contributed by atoms with Crippen molar-refractivity contribution in [1.82, 2.24) is 5.32 Å². The van der Waals surface area contributed by atoms with E-state index in [-0.39, 0.29) is 23.3 Å². The number of carbonyl (C=O) groups is 1. The molecule has 1 saturated heterocycles. The molecule has 0 unspecified atom stereocenters. The summed E-state index contributed by atoms with van der Waals surface area (Å²) in [6.07, 6.45) is 4.97. The summed E-state index contributed by atoms with van der Waals surface area (Å²) in [5.41, 5.74) is 3.55. The highest BCUT2D eigenvalue weighted by Gasteiger charge is 2.35. The van der Waals surface area contributed by atoms with Gasteiger partial charge in [0.2, 0.25) is 5.91 Å². The SMILES string of the molecule is Cc1ccc([C@H](CCNC(=O)C[C@@H](c2ccccc2)[C@H]2CCOC(C)(C)C2)c2ccco2)cc1. The van der Waals surface area contributed by atoms with Gasteiger partial charge in [0.15, 0.2) is 0 Å². The molecule has 3 aromatic rings. The van der Waals surface area contributed by atoms with Crippen molar-refractivity contribution >= 4 is 5.91 Å². The van der Waals surface area contributed by atoms with Gasteiger partial charge in [-0.05, 0) is 75.1 Å². The lowest BCUT2D eigenvalue weighted by molar-refractivity contribution is -0.123. The first-order chi connectivity index (χ1) is 16.4. The summed E-state index contributed by atoms with van der Waals surface area (Å²) in [5, 5.41) is 3.20. The summed E-state index contributed by atoms with van der Waals surface area (Å²) in [7, 11) is 0. The Hall–Kier alpha value is -2.85. The van der Waals surface area contributed by atoms with E-state index in [2.05, 4.69) is 74.6 Å². The first kappa shape index (κ1) is 24.3. The Morgan fingerprint density at radius 2 is 1.79 bits per heavy atom. The van der Waals surface area contributed by atoms with Crippen LogP contribution < -0.4 is 5.32 Å². The molecule has 0 bridgehead atoms. The van der Waals surface area contributed by atoms with Gasteiger partial charge < -0.3 is 14.5 Å². The zero-order valence-electron chi connectivity index (χ0n) is 20.6. The Bertz CT molecular complexity index is 1020. The van der Waals surface area contributed by atoms with Gasteiger partial charge in [0.1, 0.15) is 5.76 Å². The summed E-state index contributed by atoms with van der Waals surface area (Å²) in [5.74, 6) is 1.80. The van der Waals surface area contributed by atoms with Gasteiger partial charge in [-0.15, -0.1) is 0 Å². The van der Waals surface area contributed by atoms with E-state index in [1.807, 2.05) is 18.2 Å². The quantitative estimate of drug-likeness (QED) is 0.392. The van der Waals surface area contributed by atoms with E-state index in [1.165, 1.54) is 16.7 Å². The Kier molecular flexibility index (Phi) is 7.89. The number of hydrogen-bond acceptors (Lipinski definition) is 3. The second-order valence-corrected chi connectivity index (χ2v) is 10.2. The molecule has 1 aliphatic rings. The maximum atomic E-state index is 13.1. The molecular weight excluding hydrogens is 422 g/mol. The van der Waals surface area contributed by atoms with Crippen LogP contribution in [0.3, 0.4) is 0 Å². The van der Waals surface area contributed by atoms with Crippen molar-refractivity contribution in [2.24, 2.45) is 5.92 Å². The van der Waals surface area contributed by atoms with Gasteiger partial charge in [0.25, 0.3) is 0 Å². The van der Waals surface area contributed by atoms with Crippen molar-refractivity contribution < 1.29 is 13.9 Å².